The highest BCUT2D eigenvalue weighted by atomic mass is 35.5. The summed E-state index contributed by atoms with van der Waals surface area (Å²) in [4.78, 5) is 18.5. The fraction of sp³-hybridized carbons (Fsp3) is 0.200. The van der Waals surface area contributed by atoms with Gasteiger partial charge in [-0.05, 0) is 12.1 Å². The Hall–Kier alpha value is -1.69. The van der Waals surface area contributed by atoms with Crippen molar-refractivity contribution in [2.45, 2.75) is 13.1 Å². The molecule has 0 bridgehead atoms. The van der Waals surface area contributed by atoms with E-state index in [1.165, 1.54) is 21.8 Å². The molecular weight excluding hydrogens is 306 g/mol. The number of hydrogen-bond donors (Lipinski definition) is 1. The van der Waals surface area contributed by atoms with Gasteiger partial charge in [0.25, 0.3) is 5.56 Å². The van der Waals surface area contributed by atoms with E-state index < -0.39 is 0 Å². The van der Waals surface area contributed by atoms with Crippen molar-refractivity contribution >= 4 is 27.9 Å². The molecule has 1 N–H and O–H groups in total. The number of hydrogen-bond acceptors (Lipinski definition) is 3. The third-order valence-electron chi connectivity index (χ3n) is 3.26. The maximum Gasteiger partial charge on any atom is 0.258 e. The molecule has 0 spiro atoms. The van der Waals surface area contributed by atoms with Crippen LogP contribution in [-0.4, -0.2) is 16.4 Å². The van der Waals surface area contributed by atoms with E-state index in [0.717, 1.165) is 22.2 Å². The number of nitrogens with zero attached hydrogens (tertiary/aromatic N) is 2. The van der Waals surface area contributed by atoms with Crippen LogP contribution in [0.15, 0.2) is 46.7 Å². The van der Waals surface area contributed by atoms with Gasteiger partial charge in [-0.15, -0.1) is 11.3 Å². The van der Waals surface area contributed by atoms with Crippen LogP contribution in [0.25, 0.3) is 4.96 Å². The monoisotopic (exact) mass is 320 g/mol. The first-order chi connectivity index (χ1) is 10.1. The van der Waals surface area contributed by atoms with E-state index in [1.807, 2.05) is 29.6 Å². The van der Waals surface area contributed by atoms with Gasteiger partial charge in [0.1, 0.15) is 18.8 Å². The molecule has 6 heteroatoms. The Kier molecular flexibility index (Phi) is 4.05. The topological polar surface area (TPSA) is 38.8 Å². The van der Waals surface area contributed by atoms with Gasteiger partial charge in [-0.2, -0.15) is 0 Å². The number of benzene rings is 1. The lowest BCUT2D eigenvalue weighted by Gasteiger charge is -2.13. The number of rotatable bonds is 4. The van der Waals surface area contributed by atoms with Crippen LogP contribution in [-0.2, 0) is 13.1 Å². The number of quaternary nitrogens is 1. The highest BCUT2D eigenvalue weighted by Gasteiger charge is 2.09. The van der Waals surface area contributed by atoms with Crippen LogP contribution in [0.5, 0.6) is 0 Å². The van der Waals surface area contributed by atoms with E-state index in [2.05, 4.69) is 12.0 Å². The predicted molar refractivity (Wildman–Crippen MR) is 85.1 cm³/mol. The standard InChI is InChI=1S/C15H14ClN3OS/c1-18(9-11-2-4-12(16)5-3-11)10-13-8-14(20)19-6-7-21-15(19)17-13/h2-8H,9-10H2,1H3/p+1. The first kappa shape index (κ1) is 14.3. The third-order valence-corrected chi connectivity index (χ3v) is 4.27. The summed E-state index contributed by atoms with van der Waals surface area (Å²) in [6.07, 6.45) is 1.75. The highest BCUT2D eigenvalue weighted by molar-refractivity contribution is 7.15. The summed E-state index contributed by atoms with van der Waals surface area (Å²) in [5.74, 6) is 0. The van der Waals surface area contributed by atoms with Crippen molar-refractivity contribution in [3.8, 4) is 0 Å². The van der Waals surface area contributed by atoms with Gasteiger partial charge in [-0.1, -0.05) is 23.7 Å². The van der Waals surface area contributed by atoms with E-state index in [-0.39, 0.29) is 5.56 Å². The molecule has 0 saturated heterocycles. The third kappa shape index (κ3) is 3.32. The van der Waals surface area contributed by atoms with Crippen molar-refractivity contribution < 1.29 is 4.90 Å². The Morgan fingerprint density at radius 3 is 2.81 bits per heavy atom. The van der Waals surface area contributed by atoms with Gasteiger partial charge >= 0.3 is 0 Å². The van der Waals surface area contributed by atoms with Gasteiger partial charge < -0.3 is 4.90 Å². The average Bonchev–Trinajstić information content (AvgIpc) is 2.90. The minimum absolute atomic E-state index is 0.0180. The molecule has 3 aromatic rings. The smallest absolute Gasteiger partial charge is 0.258 e. The fourth-order valence-corrected chi connectivity index (χ4v) is 3.17. The highest BCUT2D eigenvalue weighted by Crippen LogP contribution is 2.09. The zero-order chi connectivity index (χ0) is 14.8. The Labute approximate surface area is 131 Å². The van der Waals surface area contributed by atoms with Crippen LogP contribution in [0.3, 0.4) is 0 Å². The lowest BCUT2D eigenvalue weighted by molar-refractivity contribution is -0.908. The summed E-state index contributed by atoms with van der Waals surface area (Å²) in [6, 6.07) is 9.46. The normalized spacial score (nSPS) is 12.7. The van der Waals surface area contributed by atoms with Gasteiger partial charge in [0.15, 0.2) is 4.96 Å². The predicted octanol–water partition coefficient (Wildman–Crippen LogP) is 1.62. The van der Waals surface area contributed by atoms with Crippen LogP contribution in [0.1, 0.15) is 11.3 Å². The molecule has 0 aliphatic heterocycles. The number of aromatic nitrogens is 2. The Bertz CT molecular complexity index is 810. The van der Waals surface area contributed by atoms with Gasteiger partial charge in [0.05, 0.1) is 7.05 Å². The van der Waals surface area contributed by atoms with Gasteiger partial charge in [-0.3, -0.25) is 9.20 Å². The van der Waals surface area contributed by atoms with Crippen LogP contribution < -0.4 is 10.5 Å². The number of nitrogens with one attached hydrogen (secondary N) is 1. The number of thiazole rings is 1. The van der Waals surface area contributed by atoms with Gasteiger partial charge in [0.2, 0.25) is 0 Å². The van der Waals surface area contributed by atoms with Crippen molar-refractivity contribution in [2.24, 2.45) is 0 Å². The Morgan fingerprint density at radius 1 is 1.29 bits per heavy atom. The number of fused-ring (bicyclic) bond motifs is 1. The largest absolute Gasteiger partial charge is 0.329 e. The summed E-state index contributed by atoms with van der Waals surface area (Å²) in [7, 11) is 2.09. The maximum absolute atomic E-state index is 11.9. The molecule has 0 saturated carbocycles. The molecule has 0 amide bonds. The van der Waals surface area contributed by atoms with Crippen molar-refractivity contribution in [3.05, 3.63) is 68.5 Å². The van der Waals surface area contributed by atoms with Gasteiger partial charge in [0, 0.05) is 28.2 Å². The van der Waals surface area contributed by atoms with Crippen molar-refractivity contribution in [1.29, 1.82) is 0 Å². The molecule has 2 heterocycles. The van der Waals surface area contributed by atoms with Crippen molar-refractivity contribution in [2.75, 3.05) is 7.05 Å². The lowest BCUT2D eigenvalue weighted by atomic mass is 10.2. The quantitative estimate of drug-likeness (QED) is 0.793. The minimum Gasteiger partial charge on any atom is -0.329 e. The van der Waals surface area contributed by atoms with E-state index in [4.69, 9.17) is 11.6 Å². The van der Waals surface area contributed by atoms with Crippen LogP contribution in [0.4, 0.5) is 0 Å². The Morgan fingerprint density at radius 2 is 2.05 bits per heavy atom. The second-order valence-corrected chi connectivity index (χ2v) is 6.39. The molecule has 0 fully saturated rings. The first-order valence-electron chi connectivity index (χ1n) is 6.63. The molecule has 21 heavy (non-hydrogen) atoms. The molecule has 0 aliphatic rings. The Balaban J connectivity index is 1.75. The van der Waals surface area contributed by atoms with Crippen LogP contribution in [0, 0.1) is 0 Å². The SMILES string of the molecule is C[NH+](Cc1ccc(Cl)cc1)Cc1cc(=O)n2ccsc2n1. The second kappa shape index (κ2) is 5.97. The minimum atomic E-state index is -0.0180. The fourth-order valence-electron chi connectivity index (χ4n) is 2.30. The molecule has 0 aliphatic carbocycles. The molecule has 1 aromatic carbocycles. The molecular formula is C15H15ClN3OS+. The van der Waals surface area contributed by atoms with E-state index in [9.17, 15) is 4.79 Å². The molecule has 1 unspecified atom stereocenters. The molecule has 108 valence electrons. The van der Waals surface area contributed by atoms with Gasteiger partial charge in [-0.25, -0.2) is 4.98 Å². The summed E-state index contributed by atoms with van der Waals surface area (Å²) in [5.41, 5.74) is 2.02. The zero-order valence-electron chi connectivity index (χ0n) is 11.5. The maximum atomic E-state index is 11.9. The molecule has 2 aromatic heterocycles. The summed E-state index contributed by atoms with van der Waals surface area (Å²) >= 11 is 7.36. The number of halogens is 1. The van der Waals surface area contributed by atoms with E-state index in [0.29, 0.717) is 6.54 Å². The molecule has 0 radical (unpaired) electrons. The summed E-state index contributed by atoms with van der Waals surface area (Å²) in [6.45, 7) is 1.58. The summed E-state index contributed by atoms with van der Waals surface area (Å²) in [5, 5.41) is 2.62. The molecule has 4 nitrogen and oxygen atoms in total. The zero-order valence-corrected chi connectivity index (χ0v) is 13.1. The van der Waals surface area contributed by atoms with Crippen molar-refractivity contribution in [1.82, 2.24) is 9.38 Å². The lowest BCUT2D eigenvalue weighted by Crippen LogP contribution is -3.06. The molecule has 3 rings (SSSR count). The molecule has 1 atom stereocenters. The summed E-state index contributed by atoms with van der Waals surface area (Å²) < 4.78 is 1.57. The van der Waals surface area contributed by atoms with E-state index >= 15 is 0 Å². The average molecular weight is 321 g/mol. The van der Waals surface area contributed by atoms with Crippen molar-refractivity contribution in [3.63, 3.8) is 0 Å². The van der Waals surface area contributed by atoms with E-state index in [1.54, 1.807) is 16.7 Å². The first-order valence-corrected chi connectivity index (χ1v) is 7.89. The van der Waals surface area contributed by atoms with Crippen LogP contribution in [0.2, 0.25) is 5.02 Å². The van der Waals surface area contributed by atoms with Crippen LogP contribution >= 0.6 is 22.9 Å². The second-order valence-electron chi connectivity index (χ2n) is 5.08.